The Bertz CT molecular complexity index is 399. The third kappa shape index (κ3) is 13.7. The predicted molar refractivity (Wildman–Crippen MR) is 82.0 cm³/mol. The molecule has 0 atom stereocenters. The van der Waals surface area contributed by atoms with Crippen LogP contribution in [0.4, 0.5) is 0 Å². The van der Waals surface area contributed by atoms with Crippen LogP contribution < -0.4 is 0 Å². The van der Waals surface area contributed by atoms with E-state index in [1.165, 1.54) is 5.56 Å². The van der Waals surface area contributed by atoms with Gasteiger partial charge in [0, 0.05) is 5.57 Å². The van der Waals surface area contributed by atoms with Gasteiger partial charge in [-0.25, -0.2) is 0 Å². The summed E-state index contributed by atoms with van der Waals surface area (Å²) in [5.74, 6) is 0. The first-order chi connectivity index (χ1) is 8.65. The monoisotopic (exact) mass is 239 g/mol. The fourth-order valence-electron chi connectivity index (χ4n) is 0.654. The summed E-state index contributed by atoms with van der Waals surface area (Å²) in [6, 6.07) is 12.0. The largest absolute Gasteiger partial charge is 0.193 e. The molecule has 18 heavy (non-hydrogen) atoms. The van der Waals surface area contributed by atoms with Crippen LogP contribution in [-0.4, -0.2) is 0 Å². The molecule has 1 nitrogen and oxygen atoms in total. The highest BCUT2D eigenvalue weighted by molar-refractivity contribution is 5.45. The number of nitrogens with zero attached hydrogens (tertiary/aromatic N) is 1. The van der Waals surface area contributed by atoms with Crippen molar-refractivity contribution in [1.29, 1.82) is 5.26 Å². The summed E-state index contributed by atoms with van der Waals surface area (Å²) in [7, 11) is 0. The summed E-state index contributed by atoms with van der Waals surface area (Å²) in [6.45, 7) is 14.0. The molecular formula is C17H21N. The lowest BCUT2D eigenvalue weighted by atomic mass is 10.2. The van der Waals surface area contributed by atoms with Gasteiger partial charge in [-0.2, -0.15) is 5.26 Å². The van der Waals surface area contributed by atoms with Crippen LogP contribution in [0.1, 0.15) is 19.4 Å². The Morgan fingerprint density at radius 3 is 1.78 bits per heavy atom. The fourth-order valence-corrected chi connectivity index (χ4v) is 0.654. The Labute approximate surface area is 111 Å². The zero-order chi connectivity index (χ0) is 14.2. The highest BCUT2D eigenvalue weighted by Gasteiger charge is 1.75. The van der Waals surface area contributed by atoms with Crippen LogP contribution in [0.5, 0.6) is 0 Å². The van der Waals surface area contributed by atoms with Gasteiger partial charge in [-0.15, -0.1) is 0 Å². The lowest BCUT2D eigenvalue weighted by molar-refractivity contribution is 1.42. The minimum Gasteiger partial charge on any atom is -0.193 e. The Morgan fingerprint density at radius 1 is 1.11 bits per heavy atom. The summed E-state index contributed by atoms with van der Waals surface area (Å²) in [5.41, 5.74) is 1.95. The molecule has 1 heteroatoms. The van der Waals surface area contributed by atoms with Gasteiger partial charge in [0.1, 0.15) is 0 Å². The van der Waals surface area contributed by atoms with E-state index in [2.05, 4.69) is 19.7 Å². The van der Waals surface area contributed by atoms with Crippen molar-refractivity contribution in [2.75, 3.05) is 0 Å². The van der Waals surface area contributed by atoms with E-state index < -0.39 is 0 Å². The van der Waals surface area contributed by atoms with E-state index in [0.717, 1.165) is 5.57 Å². The van der Waals surface area contributed by atoms with Crippen LogP contribution in [0.2, 0.25) is 0 Å². The molecule has 0 bridgehead atoms. The van der Waals surface area contributed by atoms with Crippen molar-refractivity contribution in [1.82, 2.24) is 0 Å². The molecule has 0 N–H and O–H groups in total. The highest BCUT2D eigenvalue weighted by atomic mass is 14.2. The first kappa shape index (κ1) is 18.0. The molecule has 0 heterocycles. The van der Waals surface area contributed by atoms with Crippen molar-refractivity contribution >= 4 is 6.08 Å². The molecule has 0 fully saturated rings. The first-order valence-electron chi connectivity index (χ1n) is 5.60. The molecule has 94 valence electrons. The van der Waals surface area contributed by atoms with Gasteiger partial charge in [0.25, 0.3) is 0 Å². The molecule has 0 radical (unpaired) electrons. The van der Waals surface area contributed by atoms with Crippen LogP contribution in [0.15, 0.2) is 73.9 Å². The first-order valence-corrected chi connectivity index (χ1v) is 5.60. The smallest absolute Gasteiger partial charge is 0.0940 e. The van der Waals surface area contributed by atoms with Crippen LogP contribution in [0.3, 0.4) is 0 Å². The van der Waals surface area contributed by atoms with Crippen molar-refractivity contribution in [2.24, 2.45) is 0 Å². The van der Waals surface area contributed by atoms with E-state index in [4.69, 9.17) is 5.26 Å². The molecule has 0 unspecified atom stereocenters. The summed E-state index contributed by atoms with van der Waals surface area (Å²) < 4.78 is 0. The summed E-state index contributed by atoms with van der Waals surface area (Å²) in [5, 5.41) is 8.02. The number of allylic oxidation sites excluding steroid dienone is 4. The Kier molecular flexibility index (Phi) is 14.7. The second kappa shape index (κ2) is 14.7. The van der Waals surface area contributed by atoms with E-state index in [9.17, 15) is 0 Å². The topological polar surface area (TPSA) is 23.8 Å². The Balaban J connectivity index is 0. The van der Waals surface area contributed by atoms with Gasteiger partial charge >= 0.3 is 0 Å². The third-order valence-corrected chi connectivity index (χ3v) is 1.81. The minimum atomic E-state index is 0.773. The third-order valence-electron chi connectivity index (χ3n) is 1.81. The average molecular weight is 239 g/mol. The summed E-state index contributed by atoms with van der Waals surface area (Å²) >= 11 is 0. The number of nitriles is 1. The molecule has 0 aliphatic rings. The van der Waals surface area contributed by atoms with Crippen LogP contribution in [0, 0.1) is 11.3 Å². The van der Waals surface area contributed by atoms with Gasteiger partial charge in [0.15, 0.2) is 0 Å². The Morgan fingerprint density at radius 2 is 1.61 bits per heavy atom. The number of hydrogen-bond acceptors (Lipinski definition) is 1. The van der Waals surface area contributed by atoms with Gasteiger partial charge in [0.05, 0.1) is 6.07 Å². The number of benzene rings is 1. The van der Waals surface area contributed by atoms with Crippen molar-refractivity contribution in [3.8, 4) is 6.07 Å². The molecule has 0 spiro atoms. The summed E-state index contributed by atoms with van der Waals surface area (Å²) in [6.07, 6.45) is 6.89. The zero-order valence-electron chi connectivity index (χ0n) is 11.3. The van der Waals surface area contributed by atoms with Crippen molar-refractivity contribution in [3.63, 3.8) is 0 Å². The van der Waals surface area contributed by atoms with E-state index in [0.29, 0.717) is 0 Å². The molecule has 0 aliphatic carbocycles. The average Bonchev–Trinajstić information content (AvgIpc) is 2.48. The minimum absolute atomic E-state index is 0.773. The normalized spacial score (nSPS) is 8.39. The van der Waals surface area contributed by atoms with Crippen molar-refractivity contribution in [3.05, 3.63) is 79.4 Å². The molecular weight excluding hydrogens is 218 g/mol. The molecule has 0 saturated heterocycles. The van der Waals surface area contributed by atoms with Gasteiger partial charge < -0.3 is 0 Å². The number of hydrogen-bond donors (Lipinski definition) is 0. The zero-order valence-corrected chi connectivity index (χ0v) is 11.3. The van der Waals surface area contributed by atoms with Crippen LogP contribution in [-0.2, 0) is 0 Å². The predicted octanol–water partition coefficient (Wildman–Crippen LogP) is 5.16. The molecule has 0 amide bonds. The van der Waals surface area contributed by atoms with Gasteiger partial charge in [-0.1, -0.05) is 74.4 Å². The lowest BCUT2D eigenvalue weighted by Crippen LogP contribution is -1.63. The quantitative estimate of drug-likeness (QED) is 0.516. The maximum absolute atomic E-state index is 8.02. The molecule has 0 aromatic heterocycles. The SMILES string of the molecule is C/C=C(/C)C#N.C=CC=C.C=Cc1ccccc1. The van der Waals surface area contributed by atoms with Crippen molar-refractivity contribution < 1.29 is 0 Å². The van der Waals surface area contributed by atoms with E-state index in [-0.39, 0.29) is 0 Å². The maximum Gasteiger partial charge on any atom is 0.0940 e. The van der Waals surface area contributed by atoms with Crippen LogP contribution in [0.25, 0.3) is 6.08 Å². The fraction of sp³-hybridized carbons (Fsp3) is 0.118. The maximum atomic E-state index is 8.02. The van der Waals surface area contributed by atoms with Gasteiger partial charge in [-0.3, -0.25) is 0 Å². The standard InChI is InChI=1S/C8H8.C5H7N.C4H6/c1-2-8-6-4-3-5-7-8;1-3-5(2)4-6;1-3-4-2/h2-7H,1H2;3H,1-2H3;3-4H,1-2H2/b;5-3-;. The molecule has 1 aromatic carbocycles. The Hall–Kier alpha value is -2.33. The molecule has 1 rings (SSSR count). The van der Waals surface area contributed by atoms with Crippen molar-refractivity contribution in [2.45, 2.75) is 13.8 Å². The van der Waals surface area contributed by atoms with Gasteiger partial charge in [0.2, 0.25) is 0 Å². The summed E-state index contributed by atoms with van der Waals surface area (Å²) in [4.78, 5) is 0. The molecule has 1 aromatic rings. The van der Waals surface area contributed by atoms with Crippen LogP contribution >= 0.6 is 0 Å². The second-order valence-corrected chi connectivity index (χ2v) is 3.17. The molecule has 0 aliphatic heterocycles. The van der Waals surface area contributed by atoms with E-state index in [1.807, 2.05) is 49.4 Å². The number of rotatable bonds is 2. The van der Waals surface area contributed by atoms with Gasteiger partial charge in [-0.05, 0) is 19.4 Å². The second-order valence-electron chi connectivity index (χ2n) is 3.17. The highest BCUT2D eigenvalue weighted by Crippen LogP contribution is 1.97. The van der Waals surface area contributed by atoms with E-state index in [1.54, 1.807) is 25.2 Å². The molecule has 0 saturated carbocycles. The van der Waals surface area contributed by atoms with E-state index >= 15 is 0 Å². The lowest BCUT2D eigenvalue weighted by Gasteiger charge is -1.85.